The number of ether oxygens (including phenoxy) is 2. The normalized spacial score (nSPS) is 28.7. The highest BCUT2D eigenvalue weighted by Crippen LogP contribution is 2.43. The monoisotopic (exact) mass is 602 g/mol. The lowest BCUT2D eigenvalue weighted by Crippen LogP contribution is -2.65. The Morgan fingerprint density at radius 1 is 1.09 bits per heavy atom. The second-order valence-corrected chi connectivity index (χ2v) is 11.8. The number of methoxy groups -OCH3 is 1. The van der Waals surface area contributed by atoms with Crippen LogP contribution in [-0.4, -0.2) is 118 Å². The first-order valence-corrected chi connectivity index (χ1v) is 15.3. The molecule has 4 heterocycles. The van der Waals surface area contributed by atoms with Crippen molar-refractivity contribution in [2.75, 3.05) is 44.8 Å². The van der Waals surface area contributed by atoms with E-state index in [4.69, 9.17) is 9.47 Å². The van der Waals surface area contributed by atoms with Crippen LogP contribution in [0.1, 0.15) is 40.1 Å². The number of rotatable bonds is 8. The summed E-state index contributed by atoms with van der Waals surface area (Å²) in [5.74, 6) is -0.644. The number of nitrogens with one attached hydrogen (secondary N) is 1. The van der Waals surface area contributed by atoms with Gasteiger partial charge in [-0.3, -0.25) is 14.5 Å². The highest BCUT2D eigenvalue weighted by Gasteiger charge is 2.52. The van der Waals surface area contributed by atoms with Crippen molar-refractivity contribution in [2.45, 2.75) is 57.0 Å². The number of benzene rings is 1. The van der Waals surface area contributed by atoms with Crippen molar-refractivity contribution in [3.05, 3.63) is 63.7 Å². The Bertz CT molecular complexity index is 1750. The number of aromatic amines is 1. The average Bonchev–Trinajstić information content (AvgIpc) is 3.67. The Hall–Kier alpha value is -3.58. The molecule has 0 saturated carbocycles. The molecule has 1 saturated heterocycles. The van der Waals surface area contributed by atoms with E-state index in [2.05, 4.69) is 23.7 Å². The molecule has 2 aromatic rings. The molecule has 11 nitrogen and oxygen atoms in total. The zero-order valence-corrected chi connectivity index (χ0v) is 25.1. The molecule has 44 heavy (non-hydrogen) atoms. The molecule has 0 radical (unpaired) electrons. The number of carbonyl (C=O) groups excluding carboxylic acids is 2. The maximum absolute atomic E-state index is 14.4. The van der Waals surface area contributed by atoms with Crippen LogP contribution < -0.4 is 15.5 Å². The number of amides is 2. The SMILES string of the molecule is CCN(CC)CCN1C(=O)c2c(c3c4c([nH]c3c3c2=C2C=CC=CC2N3[C@@H]2O[C@H](CO)[C@@H](OC)[C@H](O)[C@H]2O)=CC=CC4)C1=O. The van der Waals surface area contributed by atoms with E-state index in [0.717, 1.165) is 29.6 Å². The van der Waals surface area contributed by atoms with Gasteiger partial charge in [-0.2, -0.15) is 0 Å². The van der Waals surface area contributed by atoms with Gasteiger partial charge >= 0.3 is 0 Å². The first-order valence-electron chi connectivity index (χ1n) is 15.3. The third kappa shape index (κ3) is 4.04. The molecular formula is C33H38N4O7. The Labute approximate surface area is 254 Å². The molecule has 4 N–H and O–H groups in total. The molecule has 2 aliphatic carbocycles. The third-order valence-electron chi connectivity index (χ3n) is 9.76. The van der Waals surface area contributed by atoms with Crippen molar-refractivity contribution in [1.29, 1.82) is 0 Å². The molecule has 5 aliphatic rings. The lowest BCUT2D eigenvalue weighted by molar-refractivity contribution is -0.235. The second-order valence-electron chi connectivity index (χ2n) is 11.8. The predicted molar refractivity (Wildman–Crippen MR) is 165 cm³/mol. The largest absolute Gasteiger partial charge is 0.394 e. The Balaban J connectivity index is 1.48. The molecule has 0 bridgehead atoms. The summed E-state index contributed by atoms with van der Waals surface area (Å²) in [5.41, 5.74) is 3.76. The summed E-state index contributed by atoms with van der Waals surface area (Å²) in [6.07, 6.45) is 8.48. The number of nitrogens with zero attached hydrogens (tertiary/aromatic N) is 3. The van der Waals surface area contributed by atoms with Gasteiger partial charge < -0.3 is 39.6 Å². The molecule has 3 aliphatic heterocycles. The number of H-pyrrole nitrogens is 1. The molecule has 232 valence electrons. The molecule has 7 rings (SSSR count). The van der Waals surface area contributed by atoms with E-state index in [9.17, 15) is 24.9 Å². The zero-order chi connectivity index (χ0) is 30.9. The molecule has 1 fully saturated rings. The van der Waals surface area contributed by atoms with Gasteiger partial charge in [0.15, 0.2) is 6.23 Å². The predicted octanol–water partition coefficient (Wildman–Crippen LogP) is -0.0822. The van der Waals surface area contributed by atoms with Gasteiger partial charge in [0.2, 0.25) is 0 Å². The fourth-order valence-electron chi connectivity index (χ4n) is 7.54. The maximum atomic E-state index is 14.4. The number of aliphatic hydroxyl groups is 3. The van der Waals surface area contributed by atoms with Crippen LogP contribution in [0.15, 0.2) is 36.5 Å². The summed E-state index contributed by atoms with van der Waals surface area (Å²) in [6, 6.07) is -0.468. The summed E-state index contributed by atoms with van der Waals surface area (Å²) in [5, 5.41) is 34.9. The maximum Gasteiger partial charge on any atom is 0.262 e. The van der Waals surface area contributed by atoms with Gasteiger partial charge in [0.05, 0.1) is 35.0 Å². The van der Waals surface area contributed by atoms with Crippen LogP contribution >= 0.6 is 0 Å². The first-order chi connectivity index (χ1) is 21.4. The Morgan fingerprint density at radius 3 is 2.59 bits per heavy atom. The molecular weight excluding hydrogens is 564 g/mol. The lowest BCUT2D eigenvalue weighted by atomic mass is 9.94. The average molecular weight is 603 g/mol. The molecule has 0 spiro atoms. The van der Waals surface area contributed by atoms with Crippen LogP contribution in [0.5, 0.6) is 0 Å². The standard InChI is InChI=1S/C33H38N4O7/c1-4-35(5-2)14-15-36-31(41)24-22-17-10-6-8-12-19(17)34-26(22)27-23(25(24)32(36)42)18-11-7-9-13-20(18)37(27)33-29(40)28(39)30(43-3)21(16-38)44-33/h6-9,11-13,20-21,28-30,33-34,38-40H,4-5,10,14-16H2,1-3H3/t20?,21-,28-,29-,30-,33-/m1/s1. The van der Waals surface area contributed by atoms with E-state index in [1.807, 2.05) is 47.4 Å². The molecule has 1 aromatic heterocycles. The van der Waals surface area contributed by atoms with Crippen LogP contribution in [0, 0.1) is 0 Å². The fraction of sp³-hybridized carbons (Fsp3) is 0.455. The van der Waals surface area contributed by atoms with E-state index < -0.39 is 43.3 Å². The minimum absolute atomic E-state index is 0.272. The number of allylic oxidation sites excluding steroid dienone is 4. The minimum atomic E-state index is -1.40. The molecule has 11 heteroatoms. The van der Waals surface area contributed by atoms with Crippen molar-refractivity contribution >= 4 is 40.1 Å². The van der Waals surface area contributed by atoms with Crippen LogP contribution in [-0.2, 0) is 15.9 Å². The number of aromatic nitrogens is 1. The number of hydrogen-bond acceptors (Lipinski definition) is 9. The first kappa shape index (κ1) is 29.1. The summed E-state index contributed by atoms with van der Waals surface area (Å²) >= 11 is 0. The van der Waals surface area contributed by atoms with Crippen molar-refractivity contribution in [1.82, 2.24) is 14.8 Å². The summed E-state index contributed by atoms with van der Waals surface area (Å²) in [4.78, 5) is 37.6. The third-order valence-corrected chi connectivity index (χ3v) is 9.76. The van der Waals surface area contributed by atoms with Gasteiger partial charge in [0.25, 0.3) is 11.8 Å². The second kappa shape index (κ2) is 11.1. The van der Waals surface area contributed by atoms with Crippen LogP contribution in [0.2, 0.25) is 0 Å². The molecule has 1 unspecified atom stereocenters. The fourth-order valence-corrected chi connectivity index (χ4v) is 7.54. The van der Waals surface area contributed by atoms with Crippen LogP contribution in [0.3, 0.4) is 0 Å². The Kier molecular flexibility index (Phi) is 7.35. The van der Waals surface area contributed by atoms with Gasteiger partial charge in [-0.15, -0.1) is 0 Å². The van der Waals surface area contributed by atoms with E-state index in [0.29, 0.717) is 45.9 Å². The minimum Gasteiger partial charge on any atom is -0.394 e. The zero-order valence-electron chi connectivity index (χ0n) is 25.1. The van der Waals surface area contributed by atoms with E-state index in [1.54, 1.807) is 0 Å². The van der Waals surface area contributed by atoms with Crippen molar-refractivity contribution in [3.63, 3.8) is 0 Å². The quantitative estimate of drug-likeness (QED) is 0.306. The van der Waals surface area contributed by atoms with Gasteiger partial charge in [0.1, 0.15) is 24.4 Å². The van der Waals surface area contributed by atoms with Crippen molar-refractivity contribution in [2.24, 2.45) is 0 Å². The van der Waals surface area contributed by atoms with Gasteiger partial charge in [-0.05, 0) is 36.7 Å². The summed E-state index contributed by atoms with van der Waals surface area (Å²) < 4.78 is 11.7. The van der Waals surface area contributed by atoms with Crippen LogP contribution in [0.25, 0.3) is 22.6 Å². The highest BCUT2D eigenvalue weighted by molar-refractivity contribution is 6.29. The summed E-state index contributed by atoms with van der Waals surface area (Å²) in [7, 11) is 1.40. The number of fused-ring (bicyclic) bond motifs is 9. The van der Waals surface area contributed by atoms with Gasteiger partial charge in [0, 0.05) is 36.2 Å². The number of aliphatic hydroxyl groups excluding tert-OH is 3. The van der Waals surface area contributed by atoms with Crippen molar-refractivity contribution < 1.29 is 34.4 Å². The molecule has 1 aromatic carbocycles. The van der Waals surface area contributed by atoms with E-state index >= 15 is 0 Å². The number of carbonyl (C=O) groups is 2. The van der Waals surface area contributed by atoms with Gasteiger partial charge in [-0.25, -0.2) is 0 Å². The number of imide groups is 1. The molecule has 2 amide bonds. The number of anilines is 1. The van der Waals surface area contributed by atoms with E-state index in [1.165, 1.54) is 12.0 Å². The summed E-state index contributed by atoms with van der Waals surface area (Å²) in [6.45, 7) is 6.15. The highest BCUT2D eigenvalue weighted by atomic mass is 16.6. The van der Waals surface area contributed by atoms with E-state index in [-0.39, 0.29) is 18.4 Å². The van der Waals surface area contributed by atoms with Crippen LogP contribution in [0.4, 0.5) is 5.69 Å². The van der Waals surface area contributed by atoms with Gasteiger partial charge in [-0.1, -0.05) is 50.3 Å². The number of hydrogen-bond donors (Lipinski definition) is 4. The molecule has 6 atom stereocenters. The topological polar surface area (TPSA) is 139 Å². The smallest absolute Gasteiger partial charge is 0.262 e. The Morgan fingerprint density at radius 2 is 1.86 bits per heavy atom. The van der Waals surface area contributed by atoms with Crippen molar-refractivity contribution in [3.8, 4) is 0 Å². The number of likely N-dealkylation sites (N-methyl/N-ethyl adjacent to an activating group) is 1. The lowest BCUT2D eigenvalue weighted by Gasteiger charge is -2.47.